The number of nitrogens with zero attached hydrogens (tertiary/aromatic N) is 2. The first kappa shape index (κ1) is 14.6. The van der Waals surface area contributed by atoms with Gasteiger partial charge in [0.2, 0.25) is 0 Å². The minimum absolute atomic E-state index is 0.577. The van der Waals surface area contributed by atoms with Gasteiger partial charge in [-0.15, -0.1) is 0 Å². The fourth-order valence-electron chi connectivity index (χ4n) is 3.39. The Balaban J connectivity index is 1.75. The Morgan fingerprint density at radius 2 is 2.14 bits per heavy atom. The van der Waals surface area contributed by atoms with E-state index in [0.717, 1.165) is 18.9 Å². The van der Waals surface area contributed by atoms with Crippen LogP contribution in [0, 0.1) is 5.92 Å². The Kier molecular flexibility index (Phi) is 4.59. The van der Waals surface area contributed by atoms with E-state index in [1.807, 2.05) is 11.7 Å². The zero-order valence-corrected chi connectivity index (χ0v) is 13.3. The van der Waals surface area contributed by atoms with Gasteiger partial charge >= 0.3 is 0 Å². The molecule has 0 radical (unpaired) electrons. The molecule has 1 aromatic carbocycles. The molecule has 1 N–H and O–H groups in total. The van der Waals surface area contributed by atoms with Crippen LogP contribution in [0.5, 0.6) is 0 Å². The molecule has 1 aliphatic rings. The van der Waals surface area contributed by atoms with Crippen LogP contribution in [0.1, 0.15) is 44.7 Å². The average Bonchev–Trinajstić information content (AvgIpc) is 2.77. The van der Waals surface area contributed by atoms with Crippen LogP contribution < -0.4 is 5.32 Å². The van der Waals surface area contributed by atoms with Crippen molar-refractivity contribution in [2.24, 2.45) is 13.0 Å². The molecule has 1 aliphatic carbocycles. The number of aryl methyl sites for hydroxylation is 1. The highest BCUT2D eigenvalue weighted by Gasteiger charge is 2.23. The average molecular weight is 285 g/mol. The van der Waals surface area contributed by atoms with E-state index in [2.05, 4.69) is 36.5 Å². The van der Waals surface area contributed by atoms with Crippen LogP contribution in [-0.2, 0) is 13.5 Å². The van der Waals surface area contributed by atoms with Gasteiger partial charge in [0.1, 0.15) is 0 Å². The van der Waals surface area contributed by atoms with E-state index in [1.54, 1.807) is 0 Å². The maximum absolute atomic E-state index is 4.77. The lowest BCUT2D eigenvalue weighted by Gasteiger charge is -2.30. The number of hydrogen-bond acceptors (Lipinski definition) is 2. The molecule has 0 spiro atoms. The van der Waals surface area contributed by atoms with Crippen molar-refractivity contribution in [1.82, 2.24) is 15.1 Å². The first-order valence-electron chi connectivity index (χ1n) is 8.42. The minimum atomic E-state index is 0.577. The Morgan fingerprint density at radius 3 is 2.86 bits per heavy atom. The standard InChI is InChI=1S/C18H27N3/c1-3-11-19-15(12-14-7-6-8-14)13-17-16-9-4-5-10-18(16)21(2)20-17/h4-5,9-10,14-15,19H,3,6-8,11-13H2,1-2H3. The molecule has 21 heavy (non-hydrogen) atoms. The number of hydrogen-bond donors (Lipinski definition) is 1. The summed E-state index contributed by atoms with van der Waals surface area (Å²) in [4.78, 5) is 0. The fourth-order valence-corrected chi connectivity index (χ4v) is 3.39. The van der Waals surface area contributed by atoms with Gasteiger partial charge in [-0.25, -0.2) is 0 Å². The van der Waals surface area contributed by atoms with Gasteiger partial charge in [0, 0.05) is 24.9 Å². The zero-order chi connectivity index (χ0) is 14.7. The molecule has 1 unspecified atom stereocenters. The highest BCUT2D eigenvalue weighted by molar-refractivity contribution is 5.81. The van der Waals surface area contributed by atoms with Crippen LogP contribution in [-0.4, -0.2) is 22.4 Å². The second-order valence-corrected chi connectivity index (χ2v) is 6.48. The Hall–Kier alpha value is -1.35. The second-order valence-electron chi connectivity index (χ2n) is 6.48. The fraction of sp³-hybridized carbons (Fsp3) is 0.611. The van der Waals surface area contributed by atoms with Crippen molar-refractivity contribution in [3.8, 4) is 0 Å². The van der Waals surface area contributed by atoms with Gasteiger partial charge in [-0.3, -0.25) is 4.68 Å². The van der Waals surface area contributed by atoms with Crippen molar-refractivity contribution in [3.63, 3.8) is 0 Å². The lowest BCUT2D eigenvalue weighted by atomic mass is 9.80. The molecule has 2 aromatic rings. The number of aromatic nitrogens is 2. The van der Waals surface area contributed by atoms with Gasteiger partial charge in [0.25, 0.3) is 0 Å². The molecular formula is C18H27N3. The van der Waals surface area contributed by atoms with Gasteiger partial charge in [-0.2, -0.15) is 5.10 Å². The summed E-state index contributed by atoms with van der Waals surface area (Å²) in [5.74, 6) is 0.939. The normalized spacial score (nSPS) is 17.0. The van der Waals surface area contributed by atoms with Crippen molar-refractivity contribution >= 4 is 10.9 Å². The number of nitrogens with one attached hydrogen (secondary N) is 1. The number of rotatable bonds is 7. The summed E-state index contributed by atoms with van der Waals surface area (Å²) >= 11 is 0. The second kappa shape index (κ2) is 6.61. The lowest BCUT2D eigenvalue weighted by molar-refractivity contribution is 0.258. The van der Waals surface area contributed by atoms with E-state index >= 15 is 0 Å². The molecule has 1 heterocycles. The molecule has 114 valence electrons. The van der Waals surface area contributed by atoms with E-state index < -0.39 is 0 Å². The summed E-state index contributed by atoms with van der Waals surface area (Å²) < 4.78 is 2.02. The molecule has 1 aromatic heterocycles. The largest absolute Gasteiger partial charge is 0.314 e. The molecule has 1 fully saturated rings. The van der Waals surface area contributed by atoms with Crippen molar-refractivity contribution in [1.29, 1.82) is 0 Å². The smallest absolute Gasteiger partial charge is 0.0718 e. The maximum Gasteiger partial charge on any atom is 0.0718 e. The lowest BCUT2D eigenvalue weighted by Crippen LogP contribution is -2.35. The van der Waals surface area contributed by atoms with Gasteiger partial charge < -0.3 is 5.32 Å². The van der Waals surface area contributed by atoms with Crippen molar-refractivity contribution in [2.75, 3.05) is 6.54 Å². The molecule has 1 atom stereocenters. The summed E-state index contributed by atoms with van der Waals surface area (Å²) in [6.07, 6.45) is 7.84. The van der Waals surface area contributed by atoms with Crippen LogP contribution in [0.15, 0.2) is 24.3 Å². The number of para-hydroxylation sites is 1. The molecule has 3 nitrogen and oxygen atoms in total. The molecule has 0 aliphatic heterocycles. The highest BCUT2D eigenvalue weighted by atomic mass is 15.3. The first-order valence-corrected chi connectivity index (χ1v) is 8.42. The molecule has 0 amide bonds. The van der Waals surface area contributed by atoms with Crippen LogP contribution in [0.4, 0.5) is 0 Å². The van der Waals surface area contributed by atoms with E-state index in [4.69, 9.17) is 5.10 Å². The van der Waals surface area contributed by atoms with Crippen molar-refractivity contribution < 1.29 is 0 Å². The third-order valence-corrected chi connectivity index (χ3v) is 4.80. The van der Waals surface area contributed by atoms with Gasteiger partial charge in [0.15, 0.2) is 0 Å². The van der Waals surface area contributed by atoms with E-state index in [-0.39, 0.29) is 0 Å². The third-order valence-electron chi connectivity index (χ3n) is 4.80. The van der Waals surface area contributed by atoms with E-state index in [9.17, 15) is 0 Å². The van der Waals surface area contributed by atoms with Crippen molar-refractivity contribution in [3.05, 3.63) is 30.0 Å². The summed E-state index contributed by atoms with van der Waals surface area (Å²) in [6, 6.07) is 9.15. The van der Waals surface area contributed by atoms with E-state index in [1.165, 1.54) is 48.7 Å². The Labute approximate surface area is 127 Å². The predicted molar refractivity (Wildman–Crippen MR) is 88.5 cm³/mol. The summed E-state index contributed by atoms with van der Waals surface area (Å²) in [5.41, 5.74) is 2.49. The van der Waals surface area contributed by atoms with E-state index in [0.29, 0.717) is 6.04 Å². The third kappa shape index (κ3) is 3.29. The van der Waals surface area contributed by atoms with Crippen molar-refractivity contribution in [2.45, 2.75) is 51.5 Å². The molecular weight excluding hydrogens is 258 g/mol. The van der Waals surface area contributed by atoms with Crippen LogP contribution >= 0.6 is 0 Å². The molecule has 0 saturated heterocycles. The Morgan fingerprint density at radius 1 is 1.33 bits per heavy atom. The maximum atomic E-state index is 4.77. The van der Waals surface area contributed by atoms with Gasteiger partial charge in [0.05, 0.1) is 11.2 Å². The number of benzene rings is 1. The van der Waals surface area contributed by atoms with Crippen LogP contribution in [0.3, 0.4) is 0 Å². The van der Waals surface area contributed by atoms with Gasteiger partial charge in [-0.1, -0.05) is 44.4 Å². The minimum Gasteiger partial charge on any atom is -0.314 e. The Bertz CT molecular complexity index is 583. The monoisotopic (exact) mass is 285 g/mol. The quantitative estimate of drug-likeness (QED) is 0.841. The molecule has 1 saturated carbocycles. The molecule has 3 heteroatoms. The summed E-state index contributed by atoms with van der Waals surface area (Å²) in [5, 5.41) is 9.82. The topological polar surface area (TPSA) is 29.9 Å². The summed E-state index contributed by atoms with van der Waals surface area (Å²) in [7, 11) is 2.05. The number of fused-ring (bicyclic) bond motifs is 1. The molecule has 0 bridgehead atoms. The predicted octanol–water partition coefficient (Wildman–Crippen LogP) is 3.67. The first-order chi connectivity index (χ1) is 10.3. The van der Waals surface area contributed by atoms with Crippen LogP contribution in [0.2, 0.25) is 0 Å². The van der Waals surface area contributed by atoms with Gasteiger partial charge in [-0.05, 0) is 31.4 Å². The SMILES string of the molecule is CCCNC(Cc1nn(C)c2ccccc12)CC1CCC1. The zero-order valence-electron chi connectivity index (χ0n) is 13.3. The molecule has 3 rings (SSSR count). The highest BCUT2D eigenvalue weighted by Crippen LogP contribution is 2.31. The van der Waals surface area contributed by atoms with Crippen LogP contribution in [0.25, 0.3) is 10.9 Å². The summed E-state index contributed by atoms with van der Waals surface area (Å²) in [6.45, 7) is 3.35.